The molecule has 0 saturated heterocycles. The third-order valence-corrected chi connectivity index (χ3v) is 6.33. The van der Waals surface area contributed by atoms with E-state index in [0.29, 0.717) is 0 Å². The van der Waals surface area contributed by atoms with Crippen LogP contribution in [-0.2, 0) is 10.0 Å². The maximum Gasteiger partial charge on any atom is 0.283 e. The van der Waals surface area contributed by atoms with Gasteiger partial charge >= 0.3 is 0 Å². The van der Waals surface area contributed by atoms with Crippen molar-refractivity contribution in [2.45, 2.75) is 4.90 Å². The van der Waals surface area contributed by atoms with Gasteiger partial charge in [0.25, 0.3) is 15.9 Å². The molecule has 3 aromatic rings. The van der Waals surface area contributed by atoms with Crippen LogP contribution in [0.3, 0.4) is 0 Å². The third kappa shape index (κ3) is 3.74. The van der Waals surface area contributed by atoms with E-state index in [4.69, 9.17) is 11.6 Å². The first-order valence-electron chi connectivity index (χ1n) is 7.11. The lowest BCUT2D eigenvalue weighted by atomic mass is 10.3. The molecule has 6 nitrogen and oxygen atoms in total. The maximum absolute atomic E-state index is 13.1. The molecule has 0 saturated carbocycles. The van der Waals surface area contributed by atoms with Crippen molar-refractivity contribution < 1.29 is 17.6 Å². The number of benzene rings is 2. The Morgan fingerprint density at radius 2 is 1.85 bits per heavy atom. The van der Waals surface area contributed by atoms with Crippen LogP contribution in [0.4, 0.5) is 10.1 Å². The number of halogens is 3. The number of hydrogen-bond donors (Lipinski definition) is 1. The molecule has 10 heteroatoms. The molecule has 3 rings (SSSR count). The molecule has 2 aromatic carbocycles. The van der Waals surface area contributed by atoms with Gasteiger partial charge in [-0.3, -0.25) is 4.79 Å². The van der Waals surface area contributed by atoms with Gasteiger partial charge < -0.3 is 5.32 Å². The zero-order valence-electron chi connectivity index (χ0n) is 12.9. The van der Waals surface area contributed by atoms with Crippen molar-refractivity contribution in [2.24, 2.45) is 0 Å². The van der Waals surface area contributed by atoms with E-state index < -0.39 is 21.7 Å². The summed E-state index contributed by atoms with van der Waals surface area (Å²) in [5, 5.41) is 6.39. The molecule has 0 radical (unpaired) electrons. The largest absolute Gasteiger partial charge is 0.319 e. The molecule has 1 aromatic heterocycles. The van der Waals surface area contributed by atoms with Gasteiger partial charge in [-0.15, -0.1) is 4.09 Å². The average molecular weight is 506 g/mol. The normalized spacial score (nSPS) is 11.3. The fourth-order valence-corrected chi connectivity index (χ4v) is 4.67. The zero-order valence-corrected chi connectivity index (χ0v) is 16.6. The molecule has 0 spiro atoms. The van der Waals surface area contributed by atoms with E-state index in [9.17, 15) is 17.6 Å². The van der Waals surface area contributed by atoms with Crippen molar-refractivity contribution >= 4 is 55.8 Å². The average Bonchev–Trinajstić information content (AvgIpc) is 3.01. The molecular weight excluding hydrogens is 496 g/mol. The van der Waals surface area contributed by atoms with Gasteiger partial charge in [-0.2, -0.15) is 13.5 Å². The second kappa shape index (κ2) is 7.33. The van der Waals surface area contributed by atoms with Crippen molar-refractivity contribution in [3.05, 3.63) is 74.8 Å². The Bertz CT molecular complexity index is 1090. The minimum atomic E-state index is -3.93. The molecular formula is C16H10ClFIN3O3S. The Morgan fingerprint density at radius 3 is 2.50 bits per heavy atom. The first-order valence-corrected chi connectivity index (χ1v) is 10.0. The van der Waals surface area contributed by atoms with Crippen LogP contribution < -0.4 is 5.32 Å². The number of carbonyl (C=O) groups is 1. The Balaban J connectivity index is 1.92. The third-order valence-electron chi connectivity index (χ3n) is 3.32. The highest BCUT2D eigenvalue weighted by molar-refractivity contribution is 14.1. The van der Waals surface area contributed by atoms with Crippen molar-refractivity contribution in [1.82, 2.24) is 9.19 Å². The number of carbonyl (C=O) groups excluding carboxylic acids is 1. The molecule has 0 fully saturated rings. The van der Waals surface area contributed by atoms with E-state index in [1.807, 2.05) is 0 Å². The highest BCUT2D eigenvalue weighted by Crippen LogP contribution is 2.23. The van der Waals surface area contributed by atoms with Crippen LogP contribution >= 0.6 is 34.2 Å². The summed E-state index contributed by atoms with van der Waals surface area (Å²) in [6.45, 7) is 0. The molecule has 26 heavy (non-hydrogen) atoms. The van der Waals surface area contributed by atoms with Crippen LogP contribution in [0.2, 0.25) is 5.02 Å². The van der Waals surface area contributed by atoms with Crippen LogP contribution in [0.25, 0.3) is 0 Å². The summed E-state index contributed by atoms with van der Waals surface area (Å²) < 4.78 is 39.4. The minimum Gasteiger partial charge on any atom is -0.319 e. The number of aromatic nitrogens is 2. The number of rotatable bonds is 4. The second-order valence-electron chi connectivity index (χ2n) is 5.09. The van der Waals surface area contributed by atoms with Crippen LogP contribution in [0, 0.1) is 9.52 Å². The molecule has 0 aliphatic carbocycles. The molecule has 0 bridgehead atoms. The lowest BCUT2D eigenvalue weighted by Crippen LogP contribution is -2.18. The van der Waals surface area contributed by atoms with E-state index in [0.717, 1.165) is 16.2 Å². The van der Waals surface area contributed by atoms with Gasteiger partial charge in [-0.25, -0.2) is 4.39 Å². The minimum absolute atomic E-state index is 0.0180. The van der Waals surface area contributed by atoms with E-state index in [2.05, 4.69) is 10.4 Å². The molecule has 134 valence electrons. The molecule has 0 atom stereocenters. The van der Waals surface area contributed by atoms with Gasteiger partial charge in [0.05, 0.1) is 15.6 Å². The summed E-state index contributed by atoms with van der Waals surface area (Å²) in [5.41, 5.74) is 0.0721. The predicted octanol–water partition coefficient (Wildman–Crippen LogP) is 3.77. The SMILES string of the molecule is O=C(Nc1ccc(F)cc1Cl)c1cc(I)n(S(=O)(=O)c2ccccc2)n1. The summed E-state index contributed by atoms with van der Waals surface area (Å²) >= 11 is 7.65. The highest BCUT2D eigenvalue weighted by atomic mass is 127. The Hall–Kier alpha value is -1.98. The van der Waals surface area contributed by atoms with E-state index in [1.54, 1.807) is 40.8 Å². The van der Waals surface area contributed by atoms with Gasteiger partial charge in [0, 0.05) is 6.07 Å². The molecule has 0 aliphatic rings. The van der Waals surface area contributed by atoms with Gasteiger partial charge in [-0.05, 0) is 52.9 Å². The van der Waals surface area contributed by atoms with Crippen LogP contribution in [0.15, 0.2) is 59.5 Å². The van der Waals surface area contributed by atoms with Gasteiger partial charge in [0.1, 0.15) is 9.52 Å². The van der Waals surface area contributed by atoms with Crippen molar-refractivity contribution in [3.8, 4) is 0 Å². The van der Waals surface area contributed by atoms with Gasteiger partial charge in [-0.1, -0.05) is 29.8 Å². The van der Waals surface area contributed by atoms with Crippen LogP contribution in [-0.4, -0.2) is 23.5 Å². The quantitative estimate of drug-likeness (QED) is 0.548. The van der Waals surface area contributed by atoms with Crippen molar-refractivity contribution in [1.29, 1.82) is 0 Å². The molecule has 1 amide bonds. The Morgan fingerprint density at radius 1 is 1.15 bits per heavy atom. The standard InChI is InChI=1S/C16H10ClFIN3O3S/c17-12-8-10(18)6-7-13(12)20-16(23)14-9-15(19)22(21-14)26(24,25)11-4-2-1-3-5-11/h1-9H,(H,20,23). The fraction of sp³-hybridized carbons (Fsp3) is 0. The number of anilines is 1. The lowest BCUT2D eigenvalue weighted by Gasteiger charge is -2.06. The number of amides is 1. The molecule has 1 N–H and O–H groups in total. The monoisotopic (exact) mass is 505 g/mol. The number of nitrogens with zero attached hydrogens (tertiary/aromatic N) is 2. The van der Waals surface area contributed by atoms with Gasteiger partial charge in [0.2, 0.25) is 0 Å². The Kier molecular flexibility index (Phi) is 5.30. The van der Waals surface area contributed by atoms with Crippen LogP contribution in [0.1, 0.15) is 10.5 Å². The zero-order chi connectivity index (χ0) is 18.9. The maximum atomic E-state index is 13.1. The van der Waals surface area contributed by atoms with Crippen molar-refractivity contribution in [3.63, 3.8) is 0 Å². The van der Waals surface area contributed by atoms with E-state index >= 15 is 0 Å². The number of hydrogen-bond acceptors (Lipinski definition) is 4. The predicted molar refractivity (Wildman–Crippen MR) is 103 cm³/mol. The van der Waals surface area contributed by atoms with Crippen molar-refractivity contribution in [2.75, 3.05) is 5.32 Å². The Labute approximate surface area is 167 Å². The van der Waals surface area contributed by atoms with E-state index in [1.165, 1.54) is 24.3 Å². The lowest BCUT2D eigenvalue weighted by molar-refractivity contribution is 0.102. The molecule has 1 heterocycles. The smallest absolute Gasteiger partial charge is 0.283 e. The summed E-state index contributed by atoms with van der Waals surface area (Å²) in [6, 6.07) is 12.6. The highest BCUT2D eigenvalue weighted by Gasteiger charge is 2.23. The van der Waals surface area contributed by atoms with Crippen LogP contribution in [0.5, 0.6) is 0 Å². The summed E-state index contributed by atoms with van der Waals surface area (Å²) in [6.07, 6.45) is 0. The fourth-order valence-electron chi connectivity index (χ4n) is 2.09. The first kappa shape index (κ1) is 18.8. The molecule has 0 unspecified atom stereocenters. The summed E-state index contributed by atoms with van der Waals surface area (Å²) in [5.74, 6) is -1.21. The molecule has 0 aliphatic heterocycles. The topological polar surface area (TPSA) is 81.1 Å². The summed E-state index contributed by atoms with van der Waals surface area (Å²) in [7, 11) is -3.93. The van der Waals surface area contributed by atoms with Gasteiger partial charge in [0.15, 0.2) is 5.69 Å². The second-order valence-corrected chi connectivity index (χ2v) is 8.37. The first-order chi connectivity index (χ1) is 12.3. The summed E-state index contributed by atoms with van der Waals surface area (Å²) in [4.78, 5) is 12.4. The van der Waals surface area contributed by atoms with E-state index in [-0.39, 0.29) is 25.0 Å². The number of nitrogens with one attached hydrogen (secondary N) is 1.